The van der Waals surface area contributed by atoms with Gasteiger partial charge in [0.1, 0.15) is 0 Å². The van der Waals surface area contributed by atoms with Crippen molar-refractivity contribution >= 4 is 17.6 Å². The number of benzene rings is 1. The van der Waals surface area contributed by atoms with E-state index in [1.54, 1.807) is 11.8 Å². The highest BCUT2D eigenvalue weighted by Gasteiger charge is 2.23. The lowest BCUT2D eigenvalue weighted by Gasteiger charge is -2.28. The molecule has 21 heavy (non-hydrogen) atoms. The number of hydrogen-bond acceptors (Lipinski definition) is 2. The molecular weight excluding hydrogens is 266 g/mol. The van der Waals surface area contributed by atoms with E-state index in [-0.39, 0.29) is 12.5 Å². The minimum atomic E-state index is -0.880. The van der Waals surface area contributed by atoms with Crippen LogP contribution in [0, 0.1) is 19.8 Å². The first-order valence-electron chi connectivity index (χ1n) is 7.47. The number of carboxylic acid groups (broad SMARTS) is 1. The minimum Gasteiger partial charge on any atom is -0.481 e. The van der Waals surface area contributed by atoms with E-state index in [1.807, 2.05) is 39.0 Å². The number of carboxylic acids is 1. The molecule has 1 amide bonds. The zero-order valence-electron chi connectivity index (χ0n) is 13.3. The van der Waals surface area contributed by atoms with Crippen molar-refractivity contribution in [3.63, 3.8) is 0 Å². The van der Waals surface area contributed by atoms with E-state index in [0.29, 0.717) is 6.42 Å². The molecule has 0 heterocycles. The molecule has 1 aromatic carbocycles. The van der Waals surface area contributed by atoms with Crippen molar-refractivity contribution in [2.24, 2.45) is 5.92 Å². The molecule has 4 heteroatoms. The van der Waals surface area contributed by atoms with Crippen LogP contribution in [-0.2, 0) is 9.59 Å². The van der Waals surface area contributed by atoms with Crippen molar-refractivity contribution in [1.29, 1.82) is 0 Å². The summed E-state index contributed by atoms with van der Waals surface area (Å²) in [5, 5.41) is 9.14. The zero-order chi connectivity index (χ0) is 16.0. The summed E-state index contributed by atoms with van der Waals surface area (Å²) in [6, 6.07) is 5.85. The van der Waals surface area contributed by atoms with E-state index in [9.17, 15) is 9.59 Å². The Labute approximate surface area is 126 Å². The second kappa shape index (κ2) is 7.81. The summed E-state index contributed by atoms with van der Waals surface area (Å²) in [4.78, 5) is 25.3. The normalized spacial score (nSPS) is 12.0. The van der Waals surface area contributed by atoms with Gasteiger partial charge >= 0.3 is 5.97 Å². The number of rotatable bonds is 7. The van der Waals surface area contributed by atoms with Gasteiger partial charge in [0.15, 0.2) is 0 Å². The third kappa shape index (κ3) is 4.59. The number of aryl methyl sites for hydroxylation is 2. The molecule has 0 bridgehead atoms. The molecule has 0 saturated heterocycles. The largest absolute Gasteiger partial charge is 0.481 e. The Morgan fingerprint density at radius 2 is 1.81 bits per heavy atom. The lowest BCUT2D eigenvalue weighted by atomic mass is 10.0. The topological polar surface area (TPSA) is 57.6 Å². The van der Waals surface area contributed by atoms with Gasteiger partial charge in [0, 0.05) is 18.7 Å². The molecule has 116 valence electrons. The van der Waals surface area contributed by atoms with Gasteiger partial charge in [-0.05, 0) is 31.4 Å². The number of nitrogens with zero attached hydrogens (tertiary/aromatic N) is 1. The zero-order valence-corrected chi connectivity index (χ0v) is 13.3. The Hall–Kier alpha value is -1.84. The number of amides is 1. The van der Waals surface area contributed by atoms with Crippen LogP contribution in [0.15, 0.2) is 18.2 Å². The standard InChI is InChI=1S/C17H25NO3/c1-5-6-10-15(19)18(11-14(4)17(20)21)16-12(2)8-7-9-13(16)3/h7-9,14H,5-6,10-11H2,1-4H3,(H,20,21). The summed E-state index contributed by atoms with van der Waals surface area (Å²) in [6.07, 6.45) is 2.22. The van der Waals surface area contributed by atoms with Crippen LogP contribution in [0.2, 0.25) is 0 Å². The number of carbonyl (C=O) groups is 2. The van der Waals surface area contributed by atoms with E-state index < -0.39 is 11.9 Å². The fourth-order valence-corrected chi connectivity index (χ4v) is 2.36. The molecule has 0 fully saturated rings. The fraction of sp³-hybridized carbons (Fsp3) is 0.529. The number of aliphatic carboxylic acids is 1. The SMILES string of the molecule is CCCCC(=O)N(CC(C)C(=O)O)c1c(C)cccc1C. The van der Waals surface area contributed by atoms with Gasteiger partial charge in [-0.25, -0.2) is 0 Å². The van der Waals surface area contributed by atoms with E-state index in [1.165, 1.54) is 0 Å². The highest BCUT2D eigenvalue weighted by molar-refractivity contribution is 5.95. The smallest absolute Gasteiger partial charge is 0.308 e. The molecule has 1 atom stereocenters. The Kier molecular flexibility index (Phi) is 6.40. The van der Waals surface area contributed by atoms with Gasteiger partial charge in [-0.1, -0.05) is 38.5 Å². The number of carbonyl (C=O) groups excluding carboxylic acids is 1. The molecule has 0 spiro atoms. The van der Waals surface area contributed by atoms with Crippen molar-refractivity contribution < 1.29 is 14.7 Å². The van der Waals surface area contributed by atoms with Crippen LogP contribution in [0.25, 0.3) is 0 Å². The second-order valence-electron chi connectivity index (χ2n) is 5.59. The summed E-state index contributed by atoms with van der Waals surface area (Å²) in [5.74, 6) is -1.47. The Morgan fingerprint density at radius 3 is 2.29 bits per heavy atom. The van der Waals surface area contributed by atoms with Gasteiger partial charge in [0.05, 0.1) is 5.92 Å². The van der Waals surface area contributed by atoms with Crippen LogP contribution in [-0.4, -0.2) is 23.5 Å². The molecule has 1 rings (SSSR count). The predicted octanol–water partition coefficient (Wildman–Crippen LogP) is 3.55. The van der Waals surface area contributed by atoms with Crippen LogP contribution >= 0.6 is 0 Å². The maximum absolute atomic E-state index is 12.5. The van der Waals surface area contributed by atoms with E-state index in [2.05, 4.69) is 0 Å². The molecule has 1 aromatic rings. The van der Waals surface area contributed by atoms with Crippen molar-refractivity contribution in [1.82, 2.24) is 0 Å². The molecule has 1 unspecified atom stereocenters. The first-order chi connectivity index (χ1) is 9.88. The van der Waals surface area contributed by atoms with Crippen molar-refractivity contribution in [3.8, 4) is 0 Å². The highest BCUT2D eigenvalue weighted by Crippen LogP contribution is 2.26. The molecule has 0 aliphatic carbocycles. The van der Waals surface area contributed by atoms with Crippen LogP contribution in [0.5, 0.6) is 0 Å². The summed E-state index contributed by atoms with van der Waals surface area (Å²) >= 11 is 0. The third-order valence-electron chi connectivity index (χ3n) is 3.63. The van der Waals surface area contributed by atoms with Crippen molar-refractivity contribution in [2.75, 3.05) is 11.4 Å². The second-order valence-corrected chi connectivity index (χ2v) is 5.59. The van der Waals surface area contributed by atoms with Crippen LogP contribution in [0.3, 0.4) is 0 Å². The maximum Gasteiger partial charge on any atom is 0.308 e. The van der Waals surface area contributed by atoms with Crippen LogP contribution in [0.4, 0.5) is 5.69 Å². The minimum absolute atomic E-state index is 0.00218. The monoisotopic (exact) mass is 291 g/mol. The predicted molar refractivity (Wildman–Crippen MR) is 84.6 cm³/mol. The van der Waals surface area contributed by atoms with Crippen molar-refractivity contribution in [2.45, 2.75) is 47.0 Å². The summed E-state index contributed by atoms with van der Waals surface area (Å²) < 4.78 is 0. The van der Waals surface area contributed by atoms with E-state index in [0.717, 1.165) is 29.7 Å². The first kappa shape index (κ1) is 17.2. The Bertz CT molecular complexity index is 491. The molecular formula is C17H25NO3. The summed E-state index contributed by atoms with van der Waals surface area (Å²) in [5.41, 5.74) is 2.85. The van der Waals surface area contributed by atoms with Crippen molar-refractivity contribution in [3.05, 3.63) is 29.3 Å². The van der Waals surface area contributed by atoms with Gasteiger partial charge in [0.25, 0.3) is 0 Å². The summed E-state index contributed by atoms with van der Waals surface area (Å²) in [6.45, 7) is 7.79. The van der Waals surface area contributed by atoms with Gasteiger partial charge < -0.3 is 10.0 Å². The molecule has 0 saturated carbocycles. The molecule has 0 radical (unpaired) electrons. The van der Waals surface area contributed by atoms with Crippen LogP contribution in [0.1, 0.15) is 44.2 Å². The third-order valence-corrected chi connectivity index (χ3v) is 3.63. The molecule has 0 aliphatic heterocycles. The van der Waals surface area contributed by atoms with Gasteiger partial charge in [0.2, 0.25) is 5.91 Å². The average molecular weight is 291 g/mol. The Balaban J connectivity index is 3.12. The quantitative estimate of drug-likeness (QED) is 0.836. The number of anilines is 1. The molecule has 4 nitrogen and oxygen atoms in total. The first-order valence-corrected chi connectivity index (χ1v) is 7.47. The maximum atomic E-state index is 12.5. The summed E-state index contributed by atoms with van der Waals surface area (Å²) in [7, 11) is 0. The van der Waals surface area contributed by atoms with Gasteiger partial charge in [-0.2, -0.15) is 0 Å². The van der Waals surface area contributed by atoms with Crippen LogP contribution < -0.4 is 4.90 Å². The van der Waals surface area contributed by atoms with E-state index >= 15 is 0 Å². The fourth-order valence-electron chi connectivity index (χ4n) is 2.36. The number of hydrogen-bond donors (Lipinski definition) is 1. The highest BCUT2D eigenvalue weighted by atomic mass is 16.4. The van der Waals surface area contributed by atoms with Gasteiger partial charge in [-0.3, -0.25) is 9.59 Å². The van der Waals surface area contributed by atoms with Gasteiger partial charge in [-0.15, -0.1) is 0 Å². The van der Waals surface area contributed by atoms with E-state index in [4.69, 9.17) is 5.11 Å². The average Bonchev–Trinajstić information content (AvgIpc) is 2.43. The Morgan fingerprint density at radius 1 is 1.24 bits per heavy atom. The lowest BCUT2D eigenvalue weighted by Crippen LogP contribution is -2.37. The number of para-hydroxylation sites is 1. The molecule has 1 N–H and O–H groups in total. The number of unbranched alkanes of at least 4 members (excludes halogenated alkanes) is 1. The lowest BCUT2D eigenvalue weighted by molar-refractivity contribution is -0.140. The molecule has 0 aliphatic rings. The molecule has 0 aromatic heterocycles.